The highest BCUT2D eigenvalue weighted by Crippen LogP contribution is 2.66. The number of para-hydroxylation sites is 1. The van der Waals surface area contributed by atoms with Gasteiger partial charge in [0.15, 0.2) is 9.75 Å². The van der Waals surface area contributed by atoms with Crippen LogP contribution in [0.25, 0.3) is 0 Å². The predicted molar refractivity (Wildman–Crippen MR) is 133 cm³/mol. The number of phenols is 1. The van der Waals surface area contributed by atoms with Crippen molar-refractivity contribution in [3.8, 4) is 5.75 Å². The van der Waals surface area contributed by atoms with Gasteiger partial charge in [0.1, 0.15) is 5.75 Å². The van der Waals surface area contributed by atoms with Crippen LogP contribution >= 0.6 is 39.1 Å². The Bertz CT molecular complexity index is 1200. The number of aromatic hydroxyl groups is 1. The van der Waals surface area contributed by atoms with Crippen LogP contribution in [-0.4, -0.2) is 60.3 Å². The van der Waals surface area contributed by atoms with E-state index in [1.54, 1.807) is 25.1 Å². The molecule has 35 heavy (non-hydrogen) atoms. The van der Waals surface area contributed by atoms with Crippen molar-refractivity contribution in [1.29, 1.82) is 0 Å². The lowest BCUT2D eigenvalue weighted by molar-refractivity contribution is -0.141. The number of allylic oxidation sites excluding steroid dienone is 2. The van der Waals surface area contributed by atoms with Crippen LogP contribution in [-0.2, 0) is 19.2 Å². The number of fused-ring (bicyclic) bond motifs is 4. The Hall–Kier alpha value is -1.90. The van der Waals surface area contributed by atoms with E-state index < -0.39 is 45.2 Å². The molecule has 3 fully saturated rings. The molecule has 7 nitrogen and oxygen atoms in total. The van der Waals surface area contributed by atoms with Gasteiger partial charge in [0.2, 0.25) is 11.8 Å². The number of hydrogen-bond donors (Lipinski definition) is 1. The molecule has 2 saturated heterocycles. The minimum absolute atomic E-state index is 0.0424. The number of likely N-dealkylation sites (tertiary alicyclic amines) is 2. The molecule has 1 N–H and O–H groups in total. The average Bonchev–Trinajstić information content (AvgIpc) is 3.15. The molecule has 0 radical (unpaired) electrons. The number of hydrogen-bond acceptors (Lipinski definition) is 5. The van der Waals surface area contributed by atoms with Gasteiger partial charge < -0.3 is 5.11 Å². The summed E-state index contributed by atoms with van der Waals surface area (Å²) < 4.78 is 0. The van der Waals surface area contributed by atoms with Gasteiger partial charge in [0, 0.05) is 18.0 Å². The lowest BCUT2D eigenvalue weighted by Crippen LogP contribution is -2.60. The second-order valence-corrected chi connectivity index (χ2v) is 11.6. The van der Waals surface area contributed by atoms with Crippen molar-refractivity contribution in [1.82, 2.24) is 9.80 Å². The molecule has 2 heterocycles. The van der Waals surface area contributed by atoms with Gasteiger partial charge in [-0.1, -0.05) is 52.7 Å². The zero-order chi connectivity index (χ0) is 25.4. The number of phenolic OH excluding ortho intramolecular Hbond substituents is 1. The minimum atomic E-state index is -1.91. The summed E-state index contributed by atoms with van der Waals surface area (Å²) in [5.74, 6) is -4.59. The van der Waals surface area contributed by atoms with Crippen LogP contribution in [0.15, 0.2) is 29.8 Å². The number of imide groups is 2. The van der Waals surface area contributed by atoms with Gasteiger partial charge in [0.25, 0.3) is 11.8 Å². The summed E-state index contributed by atoms with van der Waals surface area (Å²) in [5, 5.41) is 11.0. The molecule has 186 valence electrons. The van der Waals surface area contributed by atoms with Crippen molar-refractivity contribution < 1.29 is 24.3 Å². The van der Waals surface area contributed by atoms with Gasteiger partial charge in [0.05, 0.1) is 17.3 Å². The van der Waals surface area contributed by atoms with E-state index in [4.69, 9.17) is 23.2 Å². The fraction of sp³-hybridized carbons (Fsp3) is 0.520. The first kappa shape index (κ1) is 24.8. The van der Waals surface area contributed by atoms with E-state index in [9.17, 15) is 24.3 Å². The van der Waals surface area contributed by atoms with Crippen LogP contribution in [0.2, 0.25) is 0 Å². The topological polar surface area (TPSA) is 95.0 Å². The Morgan fingerprint density at radius 2 is 1.80 bits per heavy atom. The first-order valence-electron chi connectivity index (χ1n) is 11.7. The van der Waals surface area contributed by atoms with E-state index >= 15 is 0 Å². The fourth-order valence-corrected chi connectivity index (χ4v) is 7.94. The minimum Gasteiger partial charge on any atom is -0.507 e. The van der Waals surface area contributed by atoms with E-state index in [1.165, 1.54) is 4.90 Å². The van der Waals surface area contributed by atoms with Crippen LogP contribution in [0, 0.1) is 24.7 Å². The fourth-order valence-electron chi connectivity index (χ4n) is 6.52. The molecular formula is C25H25BrCl2N2O5. The van der Waals surface area contributed by atoms with Crippen LogP contribution in [0.1, 0.15) is 43.2 Å². The second kappa shape index (κ2) is 8.32. The third kappa shape index (κ3) is 3.02. The normalized spacial score (nSPS) is 36.3. The predicted octanol–water partition coefficient (Wildman–Crippen LogP) is 3.82. The molecule has 0 spiro atoms. The summed E-state index contributed by atoms with van der Waals surface area (Å²) in [5.41, 5.74) is 1.54. The van der Waals surface area contributed by atoms with Crippen molar-refractivity contribution in [2.75, 3.05) is 12.0 Å². The monoisotopic (exact) mass is 582 g/mol. The summed E-state index contributed by atoms with van der Waals surface area (Å²) in [7, 11) is 0. The van der Waals surface area contributed by atoms with E-state index in [-0.39, 0.29) is 29.4 Å². The summed E-state index contributed by atoms with van der Waals surface area (Å²) in [4.78, 5) is 52.3. The maximum Gasteiger partial charge on any atom is 0.254 e. The first-order valence-corrected chi connectivity index (χ1v) is 13.6. The number of halogens is 3. The molecular weight excluding hydrogens is 559 g/mol. The van der Waals surface area contributed by atoms with Gasteiger partial charge in [-0.05, 0) is 37.7 Å². The van der Waals surface area contributed by atoms with Crippen LogP contribution < -0.4 is 0 Å². The lowest BCUT2D eigenvalue weighted by Gasteiger charge is -2.50. The van der Waals surface area contributed by atoms with Crippen molar-refractivity contribution in [3.63, 3.8) is 0 Å². The maximum atomic E-state index is 13.7. The summed E-state index contributed by atoms with van der Waals surface area (Å²) in [6.45, 7) is 3.96. The highest BCUT2D eigenvalue weighted by molar-refractivity contribution is 9.09. The SMILES string of the molecule is CCCN1C(=O)C2CC=C3C(CC4(Cl)C(=O)N(CBr)C(=O)C4(Cl)C3c3cccc(C)c3O)C2C1=O. The average molecular weight is 584 g/mol. The molecule has 10 heteroatoms. The van der Waals surface area contributed by atoms with E-state index in [0.717, 1.165) is 4.90 Å². The second-order valence-electron chi connectivity index (χ2n) is 9.83. The first-order chi connectivity index (χ1) is 16.5. The van der Waals surface area contributed by atoms with Crippen molar-refractivity contribution >= 4 is 62.8 Å². The van der Waals surface area contributed by atoms with E-state index in [2.05, 4.69) is 15.9 Å². The number of carbonyl (C=O) groups is 4. The molecule has 0 aromatic heterocycles. The number of benzene rings is 1. The molecule has 2 aliphatic carbocycles. The third-order valence-electron chi connectivity index (χ3n) is 8.13. The van der Waals surface area contributed by atoms with Crippen LogP contribution in [0.4, 0.5) is 0 Å². The third-order valence-corrected chi connectivity index (χ3v) is 10.0. The highest BCUT2D eigenvalue weighted by Gasteiger charge is 2.76. The zero-order valence-corrected chi connectivity index (χ0v) is 22.4. The van der Waals surface area contributed by atoms with Gasteiger partial charge in [-0.25, -0.2) is 0 Å². The smallest absolute Gasteiger partial charge is 0.254 e. The van der Waals surface area contributed by atoms with Gasteiger partial charge in [-0.3, -0.25) is 29.0 Å². The van der Waals surface area contributed by atoms with E-state index in [0.29, 0.717) is 36.1 Å². The van der Waals surface area contributed by atoms with Crippen LogP contribution in [0.5, 0.6) is 5.75 Å². The molecule has 2 aliphatic heterocycles. The van der Waals surface area contributed by atoms with E-state index in [1.807, 2.05) is 13.0 Å². The van der Waals surface area contributed by atoms with Gasteiger partial charge in [-0.2, -0.15) is 0 Å². The van der Waals surface area contributed by atoms with Crippen molar-refractivity contribution in [3.05, 3.63) is 41.0 Å². The Kier molecular flexibility index (Phi) is 5.89. The quantitative estimate of drug-likeness (QED) is 0.252. The molecule has 1 saturated carbocycles. The number of aryl methyl sites for hydroxylation is 1. The zero-order valence-electron chi connectivity index (χ0n) is 19.3. The molecule has 4 amide bonds. The number of nitrogens with zero attached hydrogens (tertiary/aromatic N) is 2. The van der Waals surface area contributed by atoms with Crippen LogP contribution in [0.3, 0.4) is 0 Å². The molecule has 1 aromatic carbocycles. The Morgan fingerprint density at radius 3 is 2.46 bits per heavy atom. The number of carbonyl (C=O) groups excluding carboxylic acids is 4. The summed E-state index contributed by atoms with van der Waals surface area (Å²) >= 11 is 17.5. The highest BCUT2D eigenvalue weighted by atomic mass is 79.9. The molecule has 1 aromatic rings. The molecule has 6 unspecified atom stereocenters. The standard InChI is InChI=1S/C25H25BrCl2N2O5/c1-3-9-29-20(32)14-8-7-13-16(17(14)21(29)33)10-24(27)22(34)30(11-26)23(35)25(24,28)18(13)15-6-4-5-12(2)19(15)31/h4-7,14,16-18,31H,3,8-11H2,1-2H3. The number of rotatable bonds is 4. The number of amides is 4. The molecule has 5 rings (SSSR count). The molecule has 4 aliphatic rings. The lowest BCUT2D eigenvalue weighted by atomic mass is 9.56. The molecule has 6 atom stereocenters. The Balaban J connectivity index is 1.74. The number of alkyl halides is 3. The largest absolute Gasteiger partial charge is 0.507 e. The van der Waals surface area contributed by atoms with Gasteiger partial charge >= 0.3 is 0 Å². The Labute approximate surface area is 221 Å². The van der Waals surface area contributed by atoms with Gasteiger partial charge in [-0.15, -0.1) is 23.2 Å². The summed E-state index contributed by atoms with van der Waals surface area (Å²) in [6, 6.07) is 5.14. The van der Waals surface area contributed by atoms with Crippen molar-refractivity contribution in [2.24, 2.45) is 17.8 Å². The molecule has 0 bridgehead atoms. The van der Waals surface area contributed by atoms with Crippen molar-refractivity contribution in [2.45, 2.75) is 48.8 Å². The summed E-state index contributed by atoms with van der Waals surface area (Å²) in [6.07, 6.45) is 2.77. The maximum absolute atomic E-state index is 13.7. The Morgan fingerprint density at radius 1 is 1.09 bits per heavy atom.